The Hall–Kier alpha value is -1.69. The summed E-state index contributed by atoms with van der Waals surface area (Å²) >= 11 is 6.27. The zero-order valence-corrected chi connectivity index (χ0v) is 28.5. The van der Waals surface area contributed by atoms with Crippen LogP contribution in [0.5, 0.6) is 0 Å². The number of likely N-dealkylation sites (tertiary alicyclic amines) is 1. The predicted molar refractivity (Wildman–Crippen MR) is 176 cm³/mol. The van der Waals surface area contributed by atoms with Gasteiger partial charge in [0, 0.05) is 36.3 Å². The molecule has 1 amide bonds. The average molecular weight is 675 g/mol. The molecule has 0 N–H and O–H groups in total. The van der Waals surface area contributed by atoms with E-state index < -0.39 is 25.1 Å². The first-order chi connectivity index (χ1) is 19.8. The maximum Gasteiger partial charge on any atom is 0.230 e. The van der Waals surface area contributed by atoms with Crippen molar-refractivity contribution in [2.75, 3.05) is 50.4 Å². The Balaban J connectivity index is 0.00000506. The molecular weight excluding hydrogens is 629 g/mol. The molecule has 0 bridgehead atoms. The molecule has 0 atom stereocenters. The maximum atomic E-state index is 13.6. The van der Waals surface area contributed by atoms with Crippen molar-refractivity contribution in [3.8, 4) is 0 Å². The third-order valence-corrected chi connectivity index (χ3v) is 12.3. The number of sulfonamides is 1. The molecule has 8 nitrogen and oxygen atoms in total. The van der Waals surface area contributed by atoms with Crippen LogP contribution in [0.2, 0.25) is 5.02 Å². The summed E-state index contributed by atoms with van der Waals surface area (Å²) < 4.78 is 50.1. The van der Waals surface area contributed by atoms with Crippen LogP contribution < -0.4 is 4.90 Å². The molecule has 0 saturated carbocycles. The maximum absolute atomic E-state index is 13.6. The second kappa shape index (κ2) is 15.5. The van der Waals surface area contributed by atoms with E-state index in [0.29, 0.717) is 48.3 Å². The van der Waals surface area contributed by atoms with Crippen LogP contribution in [-0.4, -0.2) is 82.7 Å². The molecule has 2 heterocycles. The summed E-state index contributed by atoms with van der Waals surface area (Å²) in [6.07, 6.45) is 6.21. The van der Waals surface area contributed by atoms with Crippen molar-refractivity contribution in [2.24, 2.45) is 11.8 Å². The Morgan fingerprint density at radius 3 is 2.14 bits per heavy atom. The van der Waals surface area contributed by atoms with Gasteiger partial charge in [-0.15, -0.1) is 12.4 Å². The lowest BCUT2D eigenvalue weighted by Crippen LogP contribution is -2.45. The number of hydrogen-bond donors (Lipinski definition) is 0. The molecule has 12 heteroatoms. The van der Waals surface area contributed by atoms with Gasteiger partial charge in [0.2, 0.25) is 15.9 Å². The first kappa shape index (κ1) is 35.8. The fraction of sp³-hybridized carbons (Fsp3) is 0.581. The van der Waals surface area contributed by atoms with E-state index in [2.05, 4.69) is 4.90 Å². The largest absolute Gasteiger partial charge is 0.312 e. The van der Waals surface area contributed by atoms with Gasteiger partial charge in [0.15, 0.2) is 9.84 Å². The standard InChI is InChI=1S/C31H44ClN3O5S2.ClH/c1-24(2)42(39,40)30-10-8-25(9-11-30)22-26-12-18-33(19-13-26)16-5-17-35(29-7-4-6-28(32)23-29)31(36)27-14-20-34(21-15-27)41(3,37)38;/h4,6-11,23-24,26-27H,5,12-22H2,1-3H3;1H. The molecule has 4 rings (SSSR count). The van der Waals surface area contributed by atoms with Gasteiger partial charge in [0.05, 0.1) is 16.4 Å². The lowest BCUT2D eigenvalue weighted by Gasteiger charge is -2.34. The first-order valence-corrected chi connectivity index (χ1v) is 18.7. The summed E-state index contributed by atoms with van der Waals surface area (Å²) in [4.78, 5) is 18.3. The van der Waals surface area contributed by atoms with Crippen LogP contribution in [-0.2, 0) is 31.1 Å². The number of sulfone groups is 1. The second-order valence-electron chi connectivity index (χ2n) is 12.0. The van der Waals surface area contributed by atoms with Gasteiger partial charge in [-0.25, -0.2) is 21.1 Å². The number of anilines is 1. The van der Waals surface area contributed by atoms with Gasteiger partial charge >= 0.3 is 0 Å². The molecular formula is C31H45Cl2N3O5S2. The predicted octanol–water partition coefficient (Wildman–Crippen LogP) is 5.29. The van der Waals surface area contributed by atoms with Crippen LogP contribution >= 0.6 is 24.0 Å². The first-order valence-electron chi connectivity index (χ1n) is 14.9. The van der Waals surface area contributed by atoms with Gasteiger partial charge in [0.1, 0.15) is 0 Å². The lowest BCUT2D eigenvalue weighted by molar-refractivity contribution is -0.123. The molecule has 0 spiro atoms. The molecule has 2 aliphatic rings. The molecule has 2 aliphatic heterocycles. The highest BCUT2D eigenvalue weighted by Crippen LogP contribution is 2.28. The van der Waals surface area contributed by atoms with Crippen LogP contribution in [0.3, 0.4) is 0 Å². The highest BCUT2D eigenvalue weighted by molar-refractivity contribution is 7.92. The molecule has 240 valence electrons. The number of carbonyl (C=O) groups excluding carboxylic acids is 1. The third-order valence-electron chi connectivity index (χ3n) is 8.62. The van der Waals surface area contributed by atoms with E-state index >= 15 is 0 Å². The van der Waals surface area contributed by atoms with E-state index in [4.69, 9.17) is 11.6 Å². The SMILES string of the molecule is CC(C)S(=O)(=O)c1ccc(CC2CCN(CCCN(C(=O)C3CCN(S(C)(=O)=O)CC3)c3cccc(Cl)c3)CC2)cc1.Cl. The van der Waals surface area contributed by atoms with Crippen molar-refractivity contribution in [1.82, 2.24) is 9.21 Å². The number of benzene rings is 2. The Kier molecular flexibility index (Phi) is 12.9. The fourth-order valence-electron chi connectivity index (χ4n) is 5.95. The van der Waals surface area contributed by atoms with Crippen molar-refractivity contribution in [2.45, 2.75) is 62.5 Å². The average Bonchev–Trinajstić information content (AvgIpc) is 2.96. The minimum atomic E-state index is -3.25. The van der Waals surface area contributed by atoms with Gasteiger partial charge in [-0.1, -0.05) is 29.8 Å². The van der Waals surface area contributed by atoms with E-state index in [1.807, 2.05) is 35.2 Å². The third kappa shape index (κ3) is 9.65. The number of piperidine rings is 2. The summed E-state index contributed by atoms with van der Waals surface area (Å²) in [6.45, 7) is 7.62. The van der Waals surface area contributed by atoms with E-state index in [9.17, 15) is 21.6 Å². The van der Waals surface area contributed by atoms with Crippen LogP contribution in [0.25, 0.3) is 0 Å². The molecule has 2 aromatic carbocycles. The van der Waals surface area contributed by atoms with Gasteiger partial charge < -0.3 is 9.80 Å². The van der Waals surface area contributed by atoms with Gasteiger partial charge in [-0.3, -0.25) is 4.79 Å². The normalized spacial score (nSPS) is 18.0. The molecule has 2 fully saturated rings. The Labute approximate surface area is 269 Å². The number of carbonyl (C=O) groups is 1. The van der Waals surface area contributed by atoms with Crippen LogP contribution in [0.4, 0.5) is 5.69 Å². The minimum absolute atomic E-state index is 0. The molecule has 2 aromatic rings. The van der Waals surface area contributed by atoms with E-state index in [0.717, 1.165) is 51.0 Å². The Morgan fingerprint density at radius 1 is 0.953 bits per heavy atom. The topological polar surface area (TPSA) is 95.1 Å². The molecule has 0 unspecified atom stereocenters. The minimum Gasteiger partial charge on any atom is -0.312 e. The highest BCUT2D eigenvalue weighted by atomic mass is 35.5. The van der Waals surface area contributed by atoms with Crippen molar-refractivity contribution < 1.29 is 21.6 Å². The smallest absolute Gasteiger partial charge is 0.230 e. The Morgan fingerprint density at radius 2 is 1.58 bits per heavy atom. The monoisotopic (exact) mass is 673 g/mol. The summed E-state index contributed by atoms with van der Waals surface area (Å²) in [5.74, 6) is 0.393. The quantitative estimate of drug-likeness (QED) is 0.322. The Bertz CT molecular complexity index is 1420. The number of halogens is 2. The second-order valence-corrected chi connectivity index (χ2v) is 16.9. The number of hydrogen-bond acceptors (Lipinski definition) is 6. The van der Waals surface area contributed by atoms with Crippen molar-refractivity contribution in [3.63, 3.8) is 0 Å². The lowest BCUT2D eigenvalue weighted by atomic mass is 9.90. The van der Waals surface area contributed by atoms with E-state index in [1.54, 1.807) is 32.0 Å². The number of amides is 1. The highest BCUT2D eigenvalue weighted by Gasteiger charge is 2.32. The molecule has 2 saturated heterocycles. The zero-order chi connectivity index (χ0) is 30.5. The van der Waals surface area contributed by atoms with Crippen LogP contribution in [0.1, 0.15) is 51.5 Å². The van der Waals surface area contributed by atoms with Crippen LogP contribution in [0.15, 0.2) is 53.4 Å². The summed E-state index contributed by atoms with van der Waals surface area (Å²) in [5, 5.41) is 0.152. The van der Waals surface area contributed by atoms with Crippen molar-refractivity contribution in [3.05, 3.63) is 59.1 Å². The number of rotatable bonds is 11. The van der Waals surface area contributed by atoms with Gasteiger partial charge in [0.25, 0.3) is 0 Å². The van der Waals surface area contributed by atoms with Crippen LogP contribution in [0, 0.1) is 11.8 Å². The summed E-state index contributed by atoms with van der Waals surface area (Å²) in [6, 6.07) is 14.8. The van der Waals surface area contributed by atoms with Gasteiger partial charge in [-0.05, 0) is 114 Å². The van der Waals surface area contributed by atoms with E-state index in [-0.39, 0.29) is 24.2 Å². The van der Waals surface area contributed by atoms with Gasteiger partial charge in [-0.2, -0.15) is 0 Å². The summed E-state index contributed by atoms with van der Waals surface area (Å²) in [5.41, 5.74) is 1.96. The molecule has 0 radical (unpaired) electrons. The molecule has 0 aromatic heterocycles. The number of nitrogens with zero attached hydrogens (tertiary/aromatic N) is 3. The fourth-order valence-corrected chi connectivity index (χ4v) is 8.07. The van der Waals surface area contributed by atoms with Crippen molar-refractivity contribution >= 4 is 55.5 Å². The summed E-state index contributed by atoms with van der Waals surface area (Å²) in [7, 11) is -6.50. The molecule has 43 heavy (non-hydrogen) atoms. The zero-order valence-electron chi connectivity index (χ0n) is 25.3. The van der Waals surface area contributed by atoms with Crippen molar-refractivity contribution in [1.29, 1.82) is 0 Å². The molecule has 0 aliphatic carbocycles. The van der Waals surface area contributed by atoms with E-state index in [1.165, 1.54) is 16.1 Å².